The average molecular weight is 286 g/mol. The predicted octanol–water partition coefficient (Wildman–Crippen LogP) is 0.901. The number of halogens is 1. The van der Waals surface area contributed by atoms with Gasteiger partial charge < -0.3 is 19.8 Å². The molecule has 6 nitrogen and oxygen atoms in total. The fourth-order valence-electron chi connectivity index (χ4n) is 1.72. The van der Waals surface area contributed by atoms with Crippen molar-refractivity contribution in [2.75, 3.05) is 18.1 Å². The van der Waals surface area contributed by atoms with Crippen molar-refractivity contribution in [1.29, 1.82) is 0 Å². The fraction of sp³-hybridized carbons (Fsp3) is 0.333. The van der Waals surface area contributed by atoms with E-state index in [1.165, 1.54) is 11.0 Å². The minimum Gasteiger partial charge on any atom is -0.482 e. The third-order valence-electron chi connectivity index (χ3n) is 2.79. The highest BCUT2D eigenvalue weighted by Gasteiger charge is 2.37. The van der Waals surface area contributed by atoms with Crippen molar-refractivity contribution in [3.8, 4) is 5.75 Å². The molecule has 1 heterocycles. The summed E-state index contributed by atoms with van der Waals surface area (Å²) in [5.41, 5.74) is -1.70. The summed E-state index contributed by atoms with van der Waals surface area (Å²) in [4.78, 5) is 23.9. The third-order valence-corrected chi connectivity index (χ3v) is 3.03. The zero-order chi connectivity index (χ0) is 14.2. The van der Waals surface area contributed by atoms with Gasteiger partial charge in [0.05, 0.1) is 12.2 Å². The number of carboxylic acid groups (broad SMARTS) is 1. The minimum atomic E-state index is -2.05. The molecule has 102 valence electrons. The summed E-state index contributed by atoms with van der Waals surface area (Å²) in [5.74, 6) is -1.42. The second-order valence-corrected chi connectivity index (χ2v) is 4.90. The quantitative estimate of drug-likeness (QED) is 0.862. The van der Waals surface area contributed by atoms with Gasteiger partial charge in [0.1, 0.15) is 5.75 Å². The molecule has 0 bridgehead atoms. The van der Waals surface area contributed by atoms with E-state index in [4.69, 9.17) is 21.4 Å². The summed E-state index contributed by atoms with van der Waals surface area (Å²) in [6.07, 6.45) is 0. The topological polar surface area (TPSA) is 87.1 Å². The second kappa shape index (κ2) is 4.71. The van der Waals surface area contributed by atoms with Gasteiger partial charge in [-0.1, -0.05) is 11.6 Å². The van der Waals surface area contributed by atoms with E-state index in [1.54, 1.807) is 12.1 Å². The number of fused-ring (bicyclic) bond motifs is 1. The highest BCUT2D eigenvalue weighted by atomic mass is 35.5. The standard InChI is InChI=1S/C12H12ClNO5/c1-12(18,11(16)17)6-14-8-4-7(13)2-3-9(8)19-5-10(14)15/h2-4,18H,5-6H2,1H3,(H,16,17). The Kier molecular flexibility index (Phi) is 3.38. The van der Waals surface area contributed by atoms with Crippen LogP contribution in [-0.2, 0) is 9.59 Å². The summed E-state index contributed by atoms with van der Waals surface area (Å²) in [6.45, 7) is 0.546. The van der Waals surface area contributed by atoms with E-state index in [0.29, 0.717) is 16.5 Å². The van der Waals surface area contributed by atoms with Crippen LogP contribution < -0.4 is 9.64 Å². The van der Waals surface area contributed by atoms with Gasteiger partial charge in [0, 0.05) is 5.02 Å². The van der Waals surface area contributed by atoms with Crippen LogP contribution in [0.3, 0.4) is 0 Å². The maximum atomic E-state index is 11.8. The summed E-state index contributed by atoms with van der Waals surface area (Å²) in [6, 6.07) is 4.68. The van der Waals surface area contributed by atoms with Crippen LogP contribution in [0, 0.1) is 0 Å². The number of rotatable bonds is 3. The van der Waals surface area contributed by atoms with Crippen LogP contribution in [0.1, 0.15) is 6.92 Å². The number of carbonyl (C=O) groups is 2. The zero-order valence-electron chi connectivity index (χ0n) is 10.1. The summed E-state index contributed by atoms with van der Waals surface area (Å²) < 4.78 is 5.22. The van der Waals surface area contributed by atoms with E-state index in [0.717, 1.165) is 6.92 Å². The van der Waals surface area contributed by atoms with Crippen molar-refractivity contribution in [3.63, 3.8) is 0 Å². The molecule has 0 saturated carbocycles. The number of carbonyl (C=O) groups excluding carboxylic acids is 1. The number of amides is 1. The molecule has 1 unspecified atom stereocenters. The average Bonchev–Trinajstić information content (AvgIpc) is 2.33. The Morgan fingerprint density at radius 1 is 1.58 bits per heavy atom. The van der Waals surface area contributed by atoms with E-state index < -0.39 is 17.5 Å². The molecule has 0 fully saturated rings. The van der Waals surface area contributed by atoms with Gasteiger partial charge in [0.25, 0.3) is 5.91 Å². The molecule has 1 aromatic rings. The molecule has 0 aromatic heterocycles. The van der Waals surface area contributed by atoms with Crippen LogP contribution in [0.2, 0.25) is 5.02 Å². The molecule has 1 atom stereocenters. The lowest BCUT2D eigenvalue weighted by Gasteiger charge is -2.33. The van der Waals surface area contributed by atoms with Crippen LogP contribution in [0.15, 0.2) is 18.2 Å². The molecule has 1 aromatic carbocycles. The Morgan fingerprint density at radius 2 is 2.26 bits per heavy atom. The smallest absolute Gasteiger partial charge is 0.337 e. The second-order valence-electron chi connectivity index (χ2n) is 4.46. The van der Waals surface area contributed by atoms with Crippen LogP contribution in [0.5, 0.6) is 5.75 Å². The number of anilines is 1. The Bertz CT molecular complexity index is 543. The van der Waals surface area contributed by atoms with E-state index >= 15 is 0 Å². The normalized spacial score (nSPS) is 17.4. The molecule has 2 N–H and O–H groups in total. The maximum Gasteiger partial charge on any atom is 0.337 e. The molecule has 1 amide bonds. The van der Waals surface area contributed by atoms with Crippen LogP contribution in [0.25, 0.3) is 0 Å². The molecule has 7 heteroatoms. The SMILES string of the molecule is CC(O)(CN1C(=O)COc2ccc(Cl)cc21)C(=O)O. The number of ether oxygens (including phenoxy) is 1. The highest BCUT2D eigenvalue weighted by Crippen LogP contribution is 2.35. The van der Waals surface area contributed by atoms with Crippen LogP contribution in [-0.4, -0.2) is 40.8 Å². The lowest BCUT2D eigenvalue weighted by atomic mass is 10.1. The van der Waals surface area contributed by atoms with E-state index in [-0.39, 0.29) is 13.2 Å². The Balaban J connectivity index is 2.38. The monoisotopic (exact) mass is 285 g/mol. The first-order chi connectivity index (χ1) is 8.81. The Labute approximate surface area is 114 Å². The first kappa shape index (κ1) is 13.6. The van der Waals surface area contributed by atoms with Gasteiger partial charge in [-0.25, -0.2) is 4.79 Å². The lowest BCUT2D eigenvalue weighted by Crippen LogP contribution is -2.51. The number of hydrogen-bond donors (Lipinski definition) is 2. The van der Waals surface area contributed by atoms with Crippen molar-refractivity contribution in [2.45, 2.75) is 12.5 Å². The van der Waals surface area contributed by atoms with E-state index in [2.05, 4.69) is 0 Å². The molecule has 1 aliphatic heterocycles. The molecular formula is C12H12ClNO5. The molecule has 0 spiro atoms. The third kappa shape index (κ3) is 2.64. The first-order valence-electron chi connectivity index (χ1n) is 5.50. The fourth-order valence-corrected chi connectivity index (χ4v) is 1.89. The van der Waals surface area contributed by atoms with Crippen molar-refractivity contribution in [3.05, 3.63) is 23.2 Å². The molecule has 19 heavy (non-hydrogen) atoms. The number of nitrogens with zero attached hydrogens (tertiary/aromatic N) is 1. The van der Waals surface area contributed by atoms with Gasteiger partial charge in [-0.3, -0.25) is 4.79 Å². The molecule has 0 radical (unpaired) electrons. The minimum absolute atomic E-state index is 0.204. The number of aliphatic hydroxyl groups is 1. The molecular weight excluding hydrogens is 274 g/mol. The number of hydrogen-bond acceptors (Lipinski definition) is 4. The van der Waals surface area contributed by atoms with E-state index in [1.807, 2.05) is 0 Å². The van der Waals surface area contributed by atoms with Crippen molar-refractivity contribution < 1.29 is 24.5 Å². The predicted molar refractivity (Wildman–Crippen MR) is 67.6 cm³/mol. The molecule has 0 saturated heterocycles. The van der Waals surface area contributed by atoms with Crippen molar-refractivity contribution in [1.82, 2.24) is 0 Å². The first-order valence-corrected chi connectivity index (χ1v) is 5.87. The zero-order valence-corrected chi connectivity index (χ0v) is 10.8. The number of β-amino-alcohol motifs (C(OH)–C–C–N with tert-alkyl or cyclic N) is 1. The Hall–Kier alpha value is -1.79. The number of carboxylic acids is 1. The number of aliphatic carboxylic acids is 1. The summed E-state index contributed by atoms with van der Waals surface area (Å²) >= 11 is 5.85. The largest absolute Gasteiger partial charge is 0.482 e. The van der Waals surface area contributed by atoms with Crippen LogP contribution >= 0.6 is 11.6 Å². The van der Waals surface area contributed by atoms with Gasteiger partial charge >= 0.3 is 5.97 Å². The molecule has 1 aliphatic rings. The van der Waals surface area contributed by atoms with Crippen molar-refractivity contribution in [2.24, 2.45) is 0 Å². The lowest BCUT2D eigenvalue weighted by molar-refractivity contribution is -0.155. The maximum absolute atomic E-state index is 11.8. The Morgan fingerprint density at radius 3 is 2.89 bits per heavy atom. The van der Waals surface area contributed by atoms with Crippen LogP contribution in [0.4, 0.5) is 5.69 Å². The van der Waals surface area contributed by atoms with Gasteiger partial charge in [-0.15, -0.1) is 0 Å². The van der Waals surface area contributed by atoms with Gasteiger partial charge in [-0.2, -0.15) is 0 Å². The van der Waals surface area contributed by atoms with Gasteiger partial charge in [-0.05, 0) is 25.1 Å². The van der Waals surface area contributed by atoms with Gasteiger partial charge in [0.15, 0.2) is 12.2 Å². The molecule has 0 aliphatic carbocycles. The van der Waals surface area contributed by atoms with E-state index in [9.17, 15) is 14.7 Å². The summed E-state index contributed by atoms with van der Waals surface area (Å²) in [5, 5.41) is 19.1. The highest BCUT2D eigenvalue weighted by molar-refractivity contribution is 6.31. The van der Waals surface area contributed by atoms with Gasteiger partial charge in [0.2, 0.25) is 0 Å². The number of benzene rings is 1. The summed E-state index contributed by atoms with van der Waals surface area (Å²) in [7, 11) is 0. The molecule has 2 rings (SSSR count). The van der Waals surface area contributed by atoms with Crippen molar-refractivity contribution >= 4 is 29.2 Å².